The third-order valence-electron chi connectivity index (χ3n) is 2.30. The Morgan fingerprint density at radius 3 is 2.71 bits per heavy atom. The first kappa shape index (κ1) is 11.5. The maximum absolute atomic E-state index is 11.5. The molecule has 2 unspecified atom stereocenters. The summed E-state index contributed by atoms with van der Waals surface area (Å²) in [5.74, 6) is 0.594. The van der Waals surface area contributed by atoms with E-state index in [9.17, 15) is 4.79 Å². The van der Waals surface area contributed by atoms with Gasteiger partial charge in [0.05, 0.1) is 19.1 Å². The second kappa shape index (κ2) is 4.75. The van der Waals surface area contributed by atoms with Crippen LogP contribution in [0, 0.1) is 11.8 Å². The predicted octanol–water partition coefficient (Wildman–Crippen LogP) is 0.594. The molecule has 4 nitrogen and oxygen atoms in total. The highest BCUT2D eigenvalue weighted by Crippen LogP contribution is 2.15. The number of hydrogen-bond acceptors (Lipinski definition) is 3. The van der Waals surface area contributed by atoms with Gasteiger partial charge in [-0.05, 0) is 20.0 Å². The molecule has 82 valence electrons. The highest BCUT2D eigenvalue weighted by molar-refractivity contribution is 5.78. The lowest BCUT2D eigenvalue weighted by molar-refractivity contribution is -0.164. The van der Waals surface area contributed by atoms with Crippen molar-refractivity contribution in [2.45, 2.75) is 13.8 Å². The van der Waals surface area contributed by atoms with Crippen LogP contribution in [0.15, 0.2) is 0 Å². The molecule has 0 aromatic carbocycles. The molecule has 0 aromatic heterocycles. The number of carbonyl (C=O) groups is 1. The fraction of sp³-hybridized carbons (Fsp3) is 0.900. The van der Waals surface area contributed by atoms with Crippen molar-refractivity contribution in [3.05, 3.63) is 0 Å². The van der Waals surface area contributed by atoms with Gasteiger partial charge in [0.1, 0.15) is 0 Å². The van der Waals surface area contributed by atoms with E-state index in [1.165, 1.54) is 5.06 Å². The summed E-state index contributed by atoms with van der Waals surface area (Å²) in [4.78, 5) is 18.9. The molecule has 1 amide bonds. The van der Waals surface area contributed by atoms with Crippen molar-refractivity contribution in [2.75, 3.05) is 33.8 Å². The lowest BCUT2D eigenvalue weighted by atomic mass is 10.1. The van der Waals surface area contributed by atoms with Gasteiger partial charge in [-0.15, -0.1) is 0 Å². The standard InChI is InChI=1S/C10H20N2O2/c1-8(5-11(3)4)6-12-10(13)9(2)7-14-12/h8-9H,5-7H2,1-4H3. The van der Waals surface area contributed by atoms with E-state index < -0.39 is 0 Å². The van der Waals surface area contributed by atoms with E-state index in [0.29, 0.717) is 19.1 Å². The van der Waals surface area contributed by atoms with Crippen molar-refractivity contribution in [1.82, 2.24) is 9.96 Å². The number of nitrogens with zero attached hydrogens (tertiary/aromatic N) is 2. The summed E-state index contributed by atoms with van der Waals surface area (Å²) in [6.45, 7) is 6.23. The quantitative estimate of drug-likeness (QED) is 0.666. The smallest absolute Gasteiger partial charge is 0.251 e. The van der Waals surface area contributed by atoms with Gasteiger partial charge in [0.2, 0.25) is 0 Å². The van der Waals surface area contributed by atoms with Gasteiger partial charge in [-0.1, -0.05) is 13.8 Å². The highest BCUT2D eigenvalue weighted by atomic mass is 16.7. The van der Waals surface area contributed by atoms with Crippen LogP contribution >= 0.6 is 0 Å². The van der Waals surface area contributed by atoms with Crippen LogP contribution in [0.2, 0.25) is 0 Å². The van der Waals surface area contributed by atoms with E-state index >= 15 is 0 Å². The molecule has 1 fully saturated rings. The molecule has 0 N–H and O–H groups in total. The molecule has 14 heavy (non-hydrogen) atoms. The summed E-state index contributed by atoms with van der Waals surface area (Å²) in [5, 5.41) is 1.51. The van der Waals surface area contributed by atoms with E-state index in [1.54, 1.807) is 0 Å². The van der Waals surface area contributed by atoms with Crippen molar-refractivity contribution in [3.63, 3.8) is 0 Å². The van der Waals surface area contributed by atoms with Gasteiger partial charge in [0.15, 0.2) is 0 Å². The summed E-state index contributed by atoms with van der Waals surface area (Å²) < 4.78 is 0. The number of hydrogen-bond donors (Lipinski definition) is 0. The Kier molecular flexibility index (Phi) is 3.89. The zero-order valence-corrected chi connectivity index (χ0v) is 9.49. The summed E-state index contributed by atoms with van der Waals surface area (Å²) in [5.41, 5.74) is 0. The van der Waals surface area contributed by atoms with Crippen molar-refractivity contribution < 1.29 is 9.63 Å². The molecule has 1 rings (SSSR count). The first-order valence-corrected chi connectivity index (χ1v) is 5.09. The first-order valence-electron chi connectivity index (χ1n) is 5.09. The maximum Gasteiger partial charge on any atom is 0.251 e. The van der Waals surface area contributed by atoms with Crippen molar-refractivity contribution >= 4 is 5.91 Å². The molecule has 0 aliphatic carbocycles. The fourth-order valence-electron chi connectivity index (χ4n) is 1.69. The van der Waals surface area contributed by atoms with Crippen LogP contribution < -0.4 is 0 Å². The fourth-order valence-corrected chi connectivity index (χ4v) is 1.69. The SMILES string of the molecule is CC(CN(C)C)CN1OCC(C)C1=O. The minimum atomic E-state index is 0.0292. The van der Waals surface area contributed by atoms with Crippen LogP contribution in [0.4, 0.5) is 0 Å². The molecule has 0 aromatic rings. The van der Waals surface area contributed by atoms with Crippen LogP contribution in [-0.4, -0.2) is 49.7 Å². The Morgan fingerprint density at radius 2 is 2.29 bits per heavy atom. The van der Waals surface area contributed by atoms with Gasteiger partial charge < -0.3 is 4.90 Å². The number of hydroxylamine groups is 2. The summed E-state index contributed by atoms with van der Waals surface area (Å²) in [6, 6.07) is 0. The molecule has 0 radical (unpaired) electrons. The Labute approximate surface area is 85.8 Å². The number of rotatable bonds is 4. The third kappa shape index (κ3) is 2.96. The van der Waals surface area contributed by atoms with E-state index in [0.717, 1.165) is 6.54 Å². The van der Waals surface area contributed by atoms with Gasteiger partial charge in [0, 0.05) is 6.54 Å². The zero-order chi connectivity index (χ0) is 10.7. The van der Waals surface area contributed by atoms with E-state index in [-0.39, 0.29) is 11.8 Å². The molecular weight excluding hydrogens is 180 g/mol. The van der Waals surface area contributed by atoms with Crippen molar-refractivity contribution in [2.24, 2.45) is 11.8 Å². The Hall–Kier alpha value is -0.610. The number of carbonyl (C=O) groups excluding carboxylic acids is 1. The van der Waals surface area contributed by atoms with E-state index in [4.69, 9.17) is 4.84 Å². The van der Waals surface area contributed by atoms with E-state index in [2.05, 4.69) is 11.8 Å². The zero-order valence-electron chi connectivity index (χ0n) is 9.49. The Morgan fingerprint density at radius 1 is 1.64 bits per heavy atom. The van der Waals surface area contributed by atoms with Gasteiger partial charge in [-0.25, -0.2) is 5.06 Å². The van der Waals surface area contributed by atoms with Crippen LogP contribution in [-0.2, 0) is 9.63 Å². The van der Waals surface area contributed by atoms with Crippen molar-refractivity contribution in [1.29, 1.82) is 0 Å². The lowest BCUT2D eigenvalue weighted by Gasteiger charge is -2.21. The van der Waals surface area contributed by atoms with Gasteiger partial charge in [-0.2, -0.15) is 0 Å². The summed E-state index contributed by atoms with van der Waals surface area (Å²) in [7, 11) is 4.07. The Bertz CT molecular complexity index is 206. The molecule has 1 aliphatic heterocycles. The topological polar surface area (TPSA) is 32.8 Å². The monoisotopic (exact) mass is 200 g/mol. The van der Waals surface area contributed by atoms with Crippen LogP contribution in [0.3, 0.4) is 0 Å². The number of amides is 1. The van der Waals surface area contributed by atoms with Gasteiger partial charge in [0.25, 0.3) is 5.91 Å². The largest absolute Gasteiger partial charge is 0.309 e. The van der Waals surface area contributed by atoms with Gasteiger partial charge >= 0.3 is 0 Å². The van der Waals surface area contributed by atoms with Crippen molar-refractivity contribution in [3.8, 4) is 0 Å². The van der Waals surface area contributed by atoms with E-state index in [1.807, 2.05) is 21.0 Å². The first-order chi connectivity index (χ1) is 6.50. The lowest BCUT2D eigenvalue weighted by Crippen LogP contribution is -2.34. The molecule has 1 heterocycles. The summed E-state index contributed by atoms with van der Waals surface area (Å²) in [6.07, 6.45) is 0. The molecule has 0 bridgehead atoms. The van der Waals surface area contributed by atoms with Crippen LogP contribution in [0.25, 0.3) is 0 Å². The Balaban J connectivity index is 2.34. The molecular formula is C10H20N2O2. The highest BCUT2D eigenvalue weighted by Gasteiger charge is 2.30. The minimum absolute atomic E-state index is 0.0292. The van der Waals surface area contributed by atoms with Gasteiger partial charge in [-0.3, -0.25) is 9.63 Å². The molecule has 0 spiro atoms. The van der Waals surface area contributed by atoms with Crippen LogP contribution in [0.1, 0.15) is 13.8 Å². The minimum Gasteiger partial charge on any atom is -0.309 e. The molecule has 2 atom stereocenters. The van der Waals surface area contributed by atoms with Crippen LogP contribution in [0.5, 0.6) is 0 Å². The maximum atomic E-state index is 11.5. The molecule has 1 aliphatic rings. The molecule has 4 heteroatoms. The molecule has 1 saturated heterocycles. The second-order valence-corrected chi connectivity index (χ2v) is 4.46. The average molecular weight is 200 g/mol. The second-order valence-electron chi connectivity index (χ2n) is 4.46. The summed E-state index contributed by atoms with van der Waals surface area (Å²) >= 11 is 0. The third-order valence-corrected chi connectivity index (χ3v) is 2.30. The normalized spacial score (nSPS) is 24.8. The predicted molar refractivity (Wildman–Crippen MR) is 54.5 cm³/mol. The molecule has 0 saturated carbocycles. The average Bonchev–Trinajstić information content (AvgIpc) is 2.34.